The average molecular weight is 483 g/mol. The zero-order valence-electron chi connectivity index (χ0n) is 15.6. The molecule has 1 aliphatic heterocycles. The number of para-hydroxylation sites is 2. The van der Waals surface area contributed by atoms with Crippen molar-refractivity contribution in [2.75, 3.05) is 0 Å². The van der Waals surface area contributed by atoms with Gasteiger partial charge in [-0.3, -0.25) is 4.57 Å². The number of thioether (sulfide) groups is 2. The Hall–Kier alpha value is -1.83. The van der Waals surface area contributed by atoms with E-state index in [1.54, 1.807) is 34.9 Å². The number of hydrogen-bond acceptors (Lipinski definition) is 5. The van der Waals surface area contributed by atoms with Crippen LogP contribution in [0.3, 0.4) is 0 Å². The first-order valence-corrected chi connectivity index (χ1v) is 12.5. The van der Waals surface area contributed by atoms with Crippen molar-refractivity contribution in [3.8, 4) is 5.69 Å². The molecule has 1 aromatic heterocycles. The number of thiazole rings is 1. The first-order chi connectivity index (χ1) is 14.7. The smallest absolute Gasteiger partial charge is 0.166 e. The molecule has 0 fully saturated rings. The van der Waals surface area contributed by atoms with Gasteiger partial charge in [0, 0.05) is 10.7 Å². The molecule has 7 heteroatoms. The predicted octanol–water partition coefficient (Wildman–Crippen LogP) is 8.54. The van der Waals surface area contributed by atoms with Crippen LogP contribution >= 0.6 is 58.7 Å². The van der Waals surface area contributed by atoms with Crippen LogP contribution in [0.25, 0.3) is 5.69 Å². The van der Waals surface area contributed by atoms with Gasteiger partial charge in [0.2, 0.25) is 0 Å². The van der Waals surface area contributed by atoms with Crippen molar-refractivity contribution >= 4 is 68.7 Å². The highest BCUT2D eigenvalue weighted by atomic mass is 35.5. The van der Waals surface area contributed by atoms with E-state index in [9.17, 15) is 0 Å². The third-order valence-electron chi connectivity index (χ3n) is 4.60. The van der Waals surface area contributed by atoms with E-state index in [1.165, 1.54) is 10.4 Å². The van der Waals surface area contributed by atoms with Crippen molar-refractivity contribution < 1.29 is 0 Å². The number of hydrogen-bond donors (Lipinski definition) is 0. The van der Waals surface area contributed by atoms with Gasteiger partial charge >= 0.3 is 0 Å². The van der Waals surface area contributed by atoms with Crippen molar-refractivity contribution in [2.45, 2.75) is 10.3 Å². The first kappa shape index (κ1) is 20.1. The van der Waals surface area contributed by atoms with Gasteiger partial charge in [-0.1, -0.05) is 71.9 Å². The van der Waals surface area contributed by atoms with Crippen LogP contribution in [0.1, 0.15) is 15.7 Å². The van der Waals surface area contributed by atoms with Gasteiger partial charge in [0.25, 0.3) is 0 Å². The minimum absolute atomic E-state index is 0.123. The molecular formula is C23H15ClN2S4. The maximum atomic E-state index is 6.14. The molecule has 0 radical (unpaired) electrons. The molecule has 0 aliphatic carbocycles. The first-order valence-electron chi connectivity index (χ1n) is 9.24. The molecule has 1 atom stereocenters. The van der Waals surface area contributed by atoms with Crippen LogP contribution in [0.4, 0.5) is 5.69 Å². The Balaban J connectivity index is 1.67. The molecule has 0 N–H and O–H groups in total. The lowest BCUT2D eigenvalue weighted by atomic mass is 10.1. The summed E-state index contributed by atoms with van der Waals surface area (Å²) in [7, 11) is 0. The normalized spacial score (nSPS) is 17.1. The van der Waals surface area contributed by atoms with Gasteiger partial charge in [0.1, 0.15) is 9.40 Å². The van der Waals surface area contributed by atoms with Crippen LogP contribution in [0, 0.1) is 3.95 Å². The summed E-state index contributed by atoms with van der Waals surface area (Å²) in [6.07, 6.45) is 0. The second kappa shape index (κ2) is 8.73. The topological polar surface area (TPSA) is 17.3 Å². The third-order valence-corrected chi connectivity index (χ3v) is 9.00. The summed E-state index contributed by atoms with van der Waals surface area (Å²) in [5.41, 5.74) is 3.22. The van der Waals surface area contributed by atoms with Crippen molar-refractivity contribution in [1.82, 2.24) is 4.57 Å². The van der Waals surface area contributed by atoms with Gasteiger partial charge in [-0.25, -0.2) is 4.99 Å². The molecule has 0 amide bonds. The molecule has 148 valence electrons. The van der Waals surface area contributed by atoms with Gasteiger partial charge in [-0.15, -0.1) is 11.3 Å². The summed E-state index contributed by atoms with van der Waals surface area (Å²) in [6.45, 7) is 0. The molecule has 30 heavy (non-hydrogen) atoms. The molecule has 1 aliphatic rings. The van der Waals surface area contributed by atoms with Gasteiger partial charge in [0.05, 0.1) is 15.8 Å². The molecule has 3 aromatic carbocycles. The standard InChI is InChI=1S/C23H15ClN2S4/c24-16-13-11-15(12-14-16)19-20-21(26(23(27)29-20)18-9-5-2-6-10-18)30-22(28-19)25-17-7-3-1-4-8-17/h1-14,19H. The Morgan fingerprint density at radius 2 is 1.53 bits per heavy atom. The molecule has 0 saturated carbocycles. The summed E-state index contributed by atoms with van der Waals surface area (Å²) >= 11 is 17.1. The van der Waals surface area contributed by atoms with Gasteiger partial charge in [-0.05, 0) is 65.9 Å². The van der Waals surface area contributed by atoms with E-state index < -0.39 is 0 Å². The number of rotatable bonds is 3. The molecule has 2 heterocycles. The van der Waals surface area contributed by atoms with E-state index in [-0.39, 0.29) is 5.25 Å². The molecule has 0 spiro atoms. The van der Waals surface area contributed by atoms with Crippen LogP contribution in [-0.4, -0.2) is 8.94 Å². The highest BCUT2D eigenvalue weighted by Gasteiger charge is 2.32. The SMILES string of the molecule is S=c1sc2c(n1-c1ccccc1)SC(=Nc1ccccc1)SC2c1ccc(Cl)cc1. The number of aliphatic imine (C=N–C) groups is 1. The minimum Gasteiger partial charge on any atom is -0.286 e. The molecular weight excluding hydrogens is 468 g/mol. The Morgan fingerprint density at radius 3 is 2.23 bits per heavy atom. The number of halogens is 1. The lowest BCUT2D eigenvalue weighted by Crippen LogP contribution is -2.08. The highest BCUT2D eigenvalue weighted by Crippen LogP contribution is 2.52. The van der Waals surface area contributed by atoms with E-state index in [0.717, 1.165) is 29.8 Å². The number of benzene rings is 3. The third kappa shape index (κ3) is 4.03. The molecule has 5 rings (SSSR count). The average Bonchev–Trinajstić information content (AvgIpc) is 3.11. The summed E-state index contributed by atoms with van der Waals surface area (Å²) < 4.78 is 4.02. The van der Waals surface area contributed by atoms with E-state index >= 15 is 0 Å². The van der Waals surface area contributed by atoms with Gasteiger partial charge in [0.15, 0.2) is 3.95 Å². The van der Waals surface area contributed by atoms with Crippen LogP contribution in [0.5, 0.6) is 0 Å². The zero-order valence-corrected chi connectivity index (χ0v) is 19.6. The Bertz CT molecular complexity index is 1260. The second-order valence-electron chi connectivity index (χ2n) is 6.57. The Labute approximate surface area is 197 Å². The van der Waals surface area contributed by atoms with Crippen LogP contribution in [0.15, 0.2) is 94.9 Å². The Kier molecular flexibility index (Phi) is 5.85. The van der Waals surface area contributed by atoms with E-state index in [0.29, 0.717) is 0 Å². The molecule has 2 nitrogen and oxygen atoms in total. The lowest BCUT2D eigenvalue weighted by Gasteiger charge is -2.24. The van der Waals surface area contributed by atoms with Gasteiger partial charge in [-0.2, -0.15) is 0 Å². The van der Waals surface area contributed by atoms with Crippen LogP contribution < -0.4 is 0 Å². The largest absolute Gasteiger partial charge is 0.286 e. The summed E-state index contributed by atoms with van der Waals surface area (Å²) in [5, 5.41) is 2.00. The van der Waals surface area contributed by atoms with Gasteiger partial charge < -0.3 is 0 Å². The summed E-state index contributed by atoms with van der Waals surface area (Å²) in [4.78, 5) is 6.19. The fourth-order valence-electron chi connectivity index (χ4n) is 3.21. The highest BCUT2D eigenvalue weighted by molar-refractivity contribution is 8.39. The lowest BCUT2D eigenvalue weighted by molar-refractivity contribution is 0.915. The van der Waals surface area contributed by atoms with E-state index in [4.69, 9.17) is 28.8 Å². The molecule has 0 saturated heterocycles. The monoisotopic (exact) mass is 482 g/mol. The fourth-order valence-corrected chi connectivity index (χ4v) is 7.84. The van der Waals surface area contributed by atoms with Crippen molar-refractivity contribution in [1.29, 1.82) is 0 Å². The van der Waals surface area contributed by atoms with Crippen LogP contribution in [-0.2, 0) is 0 Å². The summed E-state index contributed by atoms with van der Waals surface area (Å²) in [5.74, 6) is 0. The molecule has 4 aromatic rings. The minimum atomic E-state index is 0.123. The van der Waals surface area contributed by atoms with Crippen molar-refractivity contribution in [3.63, 3.8) is 0 Å². The predicted molar refractivity (Wildman–Crippen MR) is 135 cm³/mol. The van der Waals surface area contributed by atoms with Crippen molar-refractivity contribution in [2.24, 2.45) is 4.99 Å². The Morgan fingerprint density at radius 1 is 0.867 bits per heavy atom. The molecule has 0 bridgehead atoms. The van der Waals surface area contributed by atoms with Crippen molar-refractivity contribution in [3.05, 3.63) is 104 Å². The summed E-state index contributed by atoms with van der Waals surface area (Å²) in [6, 6.07) is 28.4. The second-order valence-corrected chi connectivity index (χ2v) is 11.0. The molecule has 1 unspecified atom stereocenters. The maximum Gasteiger partial charge on any atom is 0.166 e. The van der Waals surface area contributed by atoms with E-state index in [1.807, 2.05) is 60.7 Å². The van der Waals surface area contributed by atoms with E-state index in [2.05, 4.69) is 28.8 Å². The number of nitrogens with zero attached hydrogens (tertiary/aromatic N) is 2. The number of aromatic nitrogens is 1. The van der Waals surface area contributed by atoms with Crippen LogP contribution in [0.2, 0.25) is 5.02 Å². The fraction of sp³-hybridized carbons (Fsp3) is 0.0435. The quantitative estimate of drug-likeness (QED) is 0.272. The number of fused-ring (bicyclic) bond motifs is 1. The zero-order chi connectivity index (χ0) is 20.5. The maximum absolute atomic E-state index is 6.14.